The average Bonchev–Trinajstić information content (AvgIpc) is 3.17. The molecule has 3 heterocycles. The predicted octanol–water partition coefficient (Wildman–Crippen LogP) is 1.53. The molecule has 0 radical (unpaired) electrons. The number of carbonyl (C=O) groups excluding carboxylic acids is 1. The number of nitrogens with one attached hydrogen (secondary N) is 1. The summed E-state index contributed by atoms with van der Waals surface area (Å²) in [4.78, 5) is 19.2. The molecule has 1 aromatic carbocycles. The molecule has 6 heteroatoms. The largest absolute Gasteiger partial charge is 0.369 e. The molecule has 5 nitrogen and oxygen atoms in total. The van der Waals surface area contributed by atoms with Crippen LogP contribution >= 0.6 is 11.6 Å². The summed E-state index contributed by atoms with van der Waals surface area (Å²) in [6, 6.07) is 8.15. The van der Waals surface area contributed by atoms with Gasteiger partial charge in [-0.1, -0.05) is 17.7 Å². The Morgan fingerprint density at radius 2 is 1.88 bits per heavy atom. The van der Waals surface area contributed by atoms with E-state index in [-0.39, 0.29) is 11.8 Å². The molecule has 0 saturated carbocycles. The highest BCUT2D eigenvalue weighted by Gasteiger charge is 2.41. The van der Waals surface area contributed by atoms with Gasteiger partial charge in [-0.25, -0.2) is 0 Å². The van der Waals surface area contributed by atoms with Crippen LogP contribution in [0.15, 0.2) is 24.3 Å². The Balaban J connectivity index is 1.17. The molecule has 2 atom stereocenters. The fourth-order valence-corrected chi connectivity index (χ4v) is 4.61. The zero-order valence-corrected chi connectivity index (χ0v) is 15.4. The number of piperazine rings is 1. The molecule has 3 fully saturated rings. The van der Waals surface area contributed by atoms with Crippen molar-refractivity contribution in [1.82, 2.24) is 15.1 Å². The van der Waals surface area contributed by atoms with Gasteiger partial charge < -0.3 is 15.1 Å². The highest BCUT2D eigenvalue weighted by molar-refractivity contribution is 6.30. The quantitative estimate of drug-likeness (QED) is 0.862. The van der Waals surface area contributed by atoms with E-state index in [1.807, 2.05) is 12.1 Å². The van der Waals surface area contributed by atoms with E-state index in [2.05, 4.69) is 32.1 Å². The SMILES string of the molecule is O=C1NC[C@H]2CN(CCCN3CCN(c4cccc(Cl)c4)CC3)C[C@@H]12. The van der Waals surface area contributed by atoms with Crippen LogP contribution in [0, 0.1) is 11.8 Å². The molecule has 1 aromatic rings. The fourth-order valence-electron chi connectivity index (χ4n) is 4.43. The number of anilines is 1. The van der Waals surface area contributed by atoms with Gasteiger partial charge in [-0.05, 0) is 37.7 Å². The highest BCUT2D eigenvalue weighted by atomic mass is 35.5. The first-order chi connectivity index (χ1) is 12.2. The van der Waals surface area contributed by atoms with Crippen molar-refractivity contribution in [2.75, 3.05) is 63.8 Å². The minimum absolute atomic E-state index is 0.251. The van der Waals surface area contributed by atoms with Gasteiger partial charge in [-0.2, -0.15) is 0 Å². The molecule has 0 unspecified atom stereocenters. The summed E-state index contributed by atoms with van der Waals surface area (Å²) in [5, 5.41) is 3.79. The first kappa shape index (κ1) is 17.1. The number of nitrogens with zero attached hydrogens (tertiary/aromatic N) is 3. The van der Waals surface area contributed by atoms with E-state index in [1.54, 1.807) is 0 Å². The summed E-state index contributed by atoms with van der Waals surface area (Å²) in [6.07, 6.45) is 1.19. The molecule has 4 rings (SSSR count). The lowest BCUT2D eigenvalue weighted by atomic mass is 10.0. The van der Waals surface area contributed by atoms with Crippen LogP contribution in [-0.4, -0.2) is 74.6 Å². The zero-order chi connectivity index (χ0) is 17.2. The number of rotatable bonds is 5. The maximum absolute atomic E-state index is 11.7. The molecule has 0 aromatic heterocycles. The summed E-state index contributed by atoms with van der Waals surface area (Å²) in [7, 11) is 0. The fraction of sp³-hybridized carbons (Fsp3) is 0.632. The number of carbonyl (C=O) groups is 1. The van der Waals surface area contributed by atoms with E-state index in [1.165, 1.54) is 12.1 Å². The maximum Gasteiger partial charge on any atom is 0.224 e. The highest BCUT2D eigenvalue weighted by Crippen LogP contribution is 2.27. The molecule has 3 saturated heterocycles. The third kappa shape index (κ3) is 3.94. The van der Waals surface area contributed by atoms with Gasteiger partial charge >= 0.3 is 0 Å². The number of hydrogen-bond acceptors (Lipinski definition) is 4. The number of hydrogen-bond donors (Lipinski definition) is 1. The van der Waals surface area contributed by atoms with Gasteiger partial charge in [0, 0.05) is 62.4 Å². The summed E-state index contributed by atoms with van der Waals surface area (Å²) in [6.45, 7) is 9.55. The lowest BCUT2D eigenvalue weighted by Crippen LogP contribution is -2.47. The standard InChI is InChI=1S/C19H27ClN4O/c20-16-3-1-4-17(11-16)24-9-7-22(8-10-24)5-2-6-23-13-15-12-21-19(25)18(15)14-23/h1,3-4,11,15,18H,2,5-10,12-14H2,(H,21,25)/t15-,18+/m0/s1. The lowest BCUT2D eigenvalue weighted by molar-refractivity contribution is -0.122. The Morgan fingerprint density at radius 1 is 1.08 bits per heavy atom. The van der Waals surface area contributed by atoms with E-state index in [9.17, 15) is 4.79 Å². The van der Waals surface area contributed by atoms with Crippen LogP contribution < -0.4 is 10.2 Å². The van der Waals surface area contributed by atoms with E-state index < -0.39 is 0 Å². The van der Waals surface area contributed by atoms with Crippen LogP contribution in [0.1, 0.15) is 6.42 Å². The summed E-state index contributed by atoms with van der Waals surface area (Å²) < 4.78 is 0. The number of halogens is 1. The van der Waals surface area contributed by atoms with Gasteiger partial charge in [0.1, 0.15) is 0 Å². The monoisotopic (exact) mass is 362 g/mol. The number of fused-ring (bicyclic) bond motifs is 1. The van der Waals surface area contributed by atoms with Crippen LogP contribution in [0.3, 0.4) is 0 Å². The van der Waals surface area contributed by atoms with Crippen LogP contribution in [0.4, 0.5) is 5.69 Å². The first-order valence-electron chi connectivity index (χ1n) is 9.42. The van der Waals surface area contributed by atoms with Crippen molar-refractivity contribution >= 4 is 23.2 Å². The predicted molar refractivity (Wildman–Crippen MR) is 101 cm³/mol. The summed E-state index contributed by atoms with van der Waals surface area (Å²) in [5.41, 5.74) is 1.23. The molecule has 0 spiro atoms. The van der Waals surface area contributed by atoms with Crippen molar-refractivity contribution in [2.45, 2.75) is 6.42 Å². The Hall–Kier alpha value is -1.30. The minimum Gasteiger partial charge on any atom is -0.369 e. The second-order valence-electron chi connectivity index (χ2n) is 7.53. The third-order valence-corrected chi connectivity index (χ3v) is 6.12. The molecular formula is C19H27ClN4O. The minimum atomic E-state index is 0.251. The topological polar surface area (TPSA) is 38.8 Å². The number of benzene rings is 1. The Kier molecular flexibility index (Phi) is 5.15. The zero-order valence-electron chi connectivity index (χ0n) is 14.7. The van der Waals surface area contributed by atoms with Crippen molar-refractivity contribution in [3.8, 4) is 0 Å². The smallest absolute Gasteiger partial charge is 0.224 e. The Morgan fingerprint density at radius 3 is 2.64 bits per heavy atom. The van der Waals surface area contributed by atoms with Gasteiger partial charge in [-0.3, -0.25) is 9.69 Å². The molecule has 0 aliphatic carbocycles. The van der Waals surface area contributed by atoms with Gasteiger partial charge in [0.2, 0.25) is 5.91 Å². The van der Waals surface area contributed by atoms with Gasteiger partial charge in [-0.15, -0.1) is 0 Å². The normalized spacial score (nSPS) is 27.6. The third-order valence-electron chi connectivity index (χ3n) is 5.89. The molecule has 1 amide bonds. The van der Waals surface area contributed by atoms with Crippen LogP contribution in [0.5, 0.6) is 0 Å². The van der Waals surface area contributed by atoms with Gasteiger partial charge in [0.25, 0.3) is 0 Å². The van der Waals surface area contributed by atoms with Crippen molar-refractivity contribution in [1.29, 1.82) is 0 Å². The second kappa shape index (κ2) is 7.52. The average molecular weight is 363 g/mol. The van der Waals surface area contributed by atoms with Gasteiger partial charge in [0.15, 0.2) is 0 Å². The van der Waals surface area contributed by atoms with E-state index in [0.717, 1.165) is 63.9 Å². The summed E-state index contributed by atoms with van der Waals surface area (Å²) in [5.74, 6) is 1.07. The molecular weight excluding hydrogens is 336 g/mol. The molecule has 1 N–H and O–H groups in total. The van der Waals surface area contributed by atoms with Crippen LogP contribution in [0.2, 0.25) is 5.02 Å². The van der Waals surface area contributed by atoms with Crippen molar-refractivity contribution in [3.63, 3.8) is 0 Å². The lowest BCUT2D eigenvalue weighted by Gasteiger charge is -2.36. The van der Waals surface area contributed by atoms with Crippen molar-refractivity contribution in [2.24, 2.45) is 11.8 Å². The van der Waals surface area contributed by atoms with Crippen LogP contribution in [-0.2, 0) is 4.79 Å². The van der Waals surface area contributed by atoms with Crippen molar-refractivity contribution < 1.29 is 4.79 Å². The molecule has 136 valence electrons. The van der Waals surface area contributed by atoms with E-state index in [4.69, 9.17) is 11.6 Å². The molecule has 3 aliphatic rings. The van der Waals surface area contributed by atoms with Gasteiger partial charge in [0.05, 0.1) is 5.92 Å². The Bertz CT molecular complexity index is 617. The maximum atomic E-state index is 11.7. The number of likely N-dealkylation sites (tertiary alicyclic amines) is 1. The molecule has 3 aliphatic heterocycles. The molecule has 25 heavy (non-hydrogen) atoms. The van der Waals surface area contributed by atoms with Crippen molar-refractivity contribution in [3.05, 3.63) is 29.3 Å². The van der Waals surface area contributed by atoms with E-state index in [0.29, 0.717) is 5.92 Å². The Labute approximate surface area is 154 Å². The van der Waals surface area contributed by atoms with E-state index >= 15 is 0 Å². The number of amides is 1. The molecule has 0 bridgehead atoms. The summed E-state index contributed by atoms with van der Waals surface area (Å²) >= 11 is 6.10. The first-order valence-corrected chi connectivity index (χ1v) is 9.80. The second-order valence-corrected chi connectivity index (χ2v) is 7.97. The van der Waals surface area contributed by atoms with Crippen LogP contribution in [0.25, 0.3) is 0 Å².